The van der Waals surface area contributed by atoms with E-state index in [4.69, 9.17) is 16.3 Å². The lowest BCUT2D eigenvalue weighted by molar-refractivity contribution is 0.195. The van der Waals surface area contributed by atoms with E-state index in [1.165, 1.54) is 0 Å². The predicted molar refractivity (Wildman–Crippen MR) is 84.0 cm³/mol. The van der Waals surface area contributed by atoms with Crippen molar-refractivity contribution in [1.82, 2.24) is 0 Å². The lowest BCUT2D eigenvalue weighted by atomic mass is 10.1. The van der Waals surface area contributed by atoms with E-state index in [0.29, 0.717) is 22.1 Å². The molecule has 100 valence electrons. The normalized spacial score (nSPS) is 12.3. The maximum absolute atomic E-state index is 9.78. The van der Waals surface area contributed by atoms with Crippen LogP contribution in [0.3, 0.4) is 0 Å². The first-order valence-corrected chi connectivity index (χ1v) is 7.54. The van der Waals surface area contributed by atoms with Gasteiger partial charge in [0.1, 0.15) is 11.5 Å². The standard InChI is InChI=1S/C14H11Br2ClO2/c1-8(18)11-6-9(15)2-4-13(11)19-14-5-3-10(16)7-12(14)17/h2-8,18H,1H3. The quantitative estimate of drug-likeness (QED) is 0.707. The molecule has 0 bridgehead atoms. The van der Waals surface area contributed by atoms with Crippen molar-refractivity contribution in [2.75, 3.05) is 0 Å². The van der Waals surface area contributed by atoms with Crippen LogP contribution in [-0.4, -0.2) is 5.11 Å². The van der Waals surface area contributed by atoms with Crippen LogP contribution in [0.1, 0.15) is 18.6 Å². The minimum atomic E-state index is -0.623. The summed E-state index contributed by atoms with van der Waals surface area (Å²) in [5.41, 5.74) is 0.702. The molecule has 0 amide bonds. The van der Waals surface area contributed by atoms with E-state index in [1.807, 2.05) is 18.2 Å². The molecule has 0 saturated carbocycles. The van der Waals surface area contributed by atoms with Crippen molar-refractivity contribution >= 4 is 43.5 Å². The van der Waals surface area contributed by atoms with Crippen molar-refractivity contribution < 1.29 is 9.84 Å². The molecular formula is C14H11Br2ClO2. The van der Waals surface area contributed by atoms with Crippen molar-refractivity contribution in [3.63, 3.8) is 0 Å². The van der Waals surface area contributed by atoms with Gasteiger partial charge in [-0.15, -0.1) is 0 Å². The lowest BCUT2D eigenvalue weighted by Crippen LogP contribution is -1.96. The molecular weight excluding hydrogens is 395 g/mol. The van der Waals surface area contributed by atoms with Crippen LogP contribution in [0.15, 0.2) is 45.3 Å². The second kappa shape index (κ2) is 6.27. The minimum absolute atomic E-state index is 0.508. The monoisotopic (exact) mass is 404 g/mol. The number of ether oxygens (including phenoxy) is 1. The maximum atomic E-state index is 9.78. The number of halogens is 3. The van der Waals surface area contributed by atoms with Gasteiger partial charge in [0.05, 0.1) is 11.1 Å². The number of hydrogen-bond acceptors (Lipinski definition) is 2. The maximum Gasteiger partial charge on any atom is 0.146 e. The van der Waals surface area contributed by atoms with Gasteiger partial charge in [-0.25, -0.2) is 0 Å². The van der Waals surface area contributed by atoms with E-state index in [9.17, 15) is 5.11 Å². The Kier molecular flexibility index (Phi) is 4.90. The highest BCUT2D eigenvalue weighted by molar-refractivity contribution is 9.10. The van der Waals surface area contributed by atoms with E-state index >= 15 is 0 Å². The number of aliphatic hydroxyl groups excluding tert-OH is 1. The minimum Gasteiger partial charge on any atom is -0.455 e. The van der Waals surface area contributed by atoms with Gasteiger partial charge in [0.2, 0.25) is 0 Å². The summed E-state index contributed by atoms with van der Waals surface area (Å²) in [6, 6.07) is 10.9. The molecule has 0 aromatic heterocycles. The zero-order valence-electron chi connectivity index (χ0n) is 10.0. The molecule has 0 radical (unpaired) electrons. The molecule has 1 N–H and O–H groups in total. The molecule has 2 nitrogen and oxygen atoms in total. The first kappa shape index (κ1) is 14.9. The van der Waals surface area contributed by atoms with E-state index in [0.717, 1.165) is 8.95 Å². The van der Waals surface area contributed by atoms with Crippen molar-refractivity contribution in [3.05, 3.63) is 55.9 Å². The van der Waals surface area contributed by atoms with E-state index in [-0.39, 0.29) is 0 Å². The number of hydrogen-bond donors (Lipinski definition) is 1. The Morgan fingerprint density at radius 3 is 2.21 bits per heavy atom. The van der Waals surface area contributed by atoms with E-state index in [1.54, 1.807) is 25.1 Å². The van der Waals surface area contributed by atoms with Gasteiger partial charge in [-0.3, -0.25) is 0 Å². The molecule has 2 rings (SSSR count). The summed E-state index contributed by atoms with van der Waals surface area (Å²) < 4.78 is 7.55. The molecule has 0 fully saturated rings. The summed E-state index contributed by atoms with van der Waals surface area (Å²) in [7, 11) is 0. The smallest absolute Gasteiger partial charge is 0.146 e. The van der Waals surface area contributed by atoms with Gasteiger partial charge in [0.25, 0.3) is 0 Å². The Morgan fingerprint density at radius 1 is 1.05 bits per heavy atom. The Labute approximate surface area is 133 Å². The molecule has 0 aliphatic carbocycles. The Hall–Kier alpha value is -0.550. The second-order valence-electron chi connectivity index (χ2n) is 4.03. The average Bonchev–Trinajstić information content (AvgIpc) is 2.34. The highest BCUT2D eigenvalue weighted by Gasteiger charge is 2.12. The summed E-state index contributed by atoms with van der Waals surface area (Å²) >= 11 is 12.8. The molecule has 5 heteroatoms. The van der Waals surface area contributed by atoms with Crippen LogP contribution in [0.5, 0.6) is 11.5 Å². The largest absolute Gasteiger partial charge is 0.455 e. The second-order valence-corrected chi connectivity index (χ2v) is 6.27. The zero-order valence-corrected chi connectivity index (χ0v) is 14.0. The summed E-state index contributed by atoms with van der Waals surface area (Å²) in [4.78, 5) is 0. The number of benzene rings is 2. The van der Waals surface area contributed by atoms with Gasteiger partial charge in [0, 0.05) is 14.5 Å². The molecule has 0 saturated heterocycles. The van der Waals surface area contributed by atoms with Crippen LogP contribution in [0, 0.1) is 0 Å². The summed E-state index contributed by atoms with van der Waals surface area (Å²) in [5.74, 6) is 1.14. The predicted octanol–water partition coefficient (Wildman–Crippen LogP) is 5.71. The Morgan fingerprint density at radius 2 is 1.63 bits per heavy atom. The molecule has 0 aliphatic rings. The fraction of sp³-hybridized carbons (Fsp3) is 0.143. The number of aliphatic hydroxyl groups is 1. The highest BCUT2D eigenvalue weighted by Crippen LogP contribution is 2.36. The third kappa shape index (κ3) is 3.72. The summed E-state index contributed by atoms with van der Waals surface area (Å²) in [5, 5.41) is 10.3. The SMILES string of the molecule is CC(O)c1cc(Br)ccc1Oc1ccc(Br)cc1Cl. The highest BCUT2D eigenvalue weighted by atomic mass is 79.9. The molecule has 2 aromatic carbocycles. The van der Waals surface area contributed by atoms with Gasteiger partial charge in [-0.1, -0.05) is 43.5 Å². The molecule has 0 spiro atoms. The van der Waals surface area contributed by atoms with Crippen LogP contribution in [0.25, 0.3) is 0 Å². The Balaban J connectivity index is 2.38. The summed E-state index contributed by atoms with van der Waals surface area (Å²) in [6.45, 7) is 1.69. The third-order valence-electron chi connectivity index (χ3n) is 2.54. The fourth-order valence-electron chi connectivity index (χ4n) is 1.62. The first-order chi connectivity index (χ1) is 8.97. The van der Waals surface area contributed by atoms with Crippen LogP contribution >= 0.6 is 43.5 Å². The van der Waals surface area contributed by atoms with Gasteiger partial charge in [-0.05, 0) is 43.3 Å². The van der Waals surface area contributed by atoms with Crippen LogP contribution in [0.4, 0.5) is 0 Å². The fourth-order valence-corrected chi connectivity index (χ4v) is 2.71. The number of rotatable bonds is 3. The zero-order chi connectivity index (χ0) is 14.0. The van der Waals surface area contributed by atoms with Gasteiger partial charge in [-0.2, -0.15) is 0 Å². The van der Waals surface area contributed by atoms with E-state index in [2.05, 4.69) is 31.9 Å². The molecule has 19 heavy (non-hydrogen) atoms. The average molecular weight is 407 g/mol. The van der Waals surface area contributed by atoms with Gasteiger partial charge < -0.3 is 9.84 Å². The summed E-state index contributed by atoms with van der Waals surface area (Å²) in [6.07, 6.45) is -0.623. The van der Waals surface area contributed by atoms with Gasteiger partial charge in [0.15, 0.2) is 0 Å². The Bertz CT molecular complexity index is 600. The molecule has 1 atom stereocenters. The van der Waals surface area contributed by atoms with E-state index < -0.39 is 6.10 Å². The van der Waals surface area contributed by atoms with Crippen molar-refractivity contribution in [1.29, 1.82) is 0 Å². The molecule has 1 unspecified atom stereocenters. The molecule has 0 heterocycles. The van der Waals surface area contributed by atoms with Crippen molar-refractivity contribution in [2.24, 2.45) is 0 Å². The van der Waals surface area contributed by atoms with Crippen molar-refractivity contribution in [3.8, 4) is 11.5 Å². The lowest BCUT2D eigenvalue weighted by Gasteiger charge is -2.14. The van der Waals surface area contributed by atoms with Crippen molar-refractivity contribution in [2.45, 2.75) is 13.0 Å². The van der Waals surface area contributed by atoms with Crippen LogP contribution < -0.4 is 4.74 Å². The molecule has 2 aromatic rings. The third-order valence-corrected chi connectivity index (χ3v) is 3.82. The molecule has 0 aliphatic heterocycles. The van der Waals surface area contributed by atoms with Gasteiger partial charge >= 0.3 is 0 Å². The van der Waals surface area contributed by atoms with Crippen LogP contribution in [0.2, 0.25) is 5.02 Å². The van der Waals surface area contributed by atoms with Crippen LogP contribution in [-0.2, 0) is 0 Å². The topological polar surface area (TPSA) is 29.5 Å². The first-order valence-electron chi connectivity index (χ1n) is 5.58.